The Bertz CT molecular complexity index is 1260. The number of ether oxygens (including phenoxy) is 1. The third-order valence-electron chi connectivity index (χ3n) is 5.98. The predicted molar refractivity (Wildman–Crippen MR) is 135 cm³/mol. The molecule has 1 aliphatic heterocycles. The molecular formula is C26H28N6O2S. The zero-order chi connectivity index (χ0) is 24.0. The Morgan fingerprint density at radius 2 is 1.83 bits per heavy atom. The molecule has 0 saturated carbocycles. The van der Waals surface area contributed by atoms with Crippen LogP contribution in [0.25, 0.3) is 10.6 Å². The number of benzene rings is 2. The highest BCUT2D eigenvalue weighted by atomic mass is 32.1. The Labute approximate surface area is 208 Å². The number of fused-ring (bicyclic) bond motifs is 1. The maximum atomic E-state index is 12.4. The molecule has 2 aromatic carbocycles. The average molecular weight is 489 g/mol. The molecule has 5 rings (SSSR count). The van der Waals surface area contributed by atoms with E-state index >= 15 is 0 Å². The molecule has 0 bridgehead atoms. The van der Waals surface area contributed by atoms with Crippen molar-refractivity contribution in [1.82, 2.24) is 30.0 Å². The van der Waals surface area contributed by atoms with Crippen LogP contribution >= 0.6 is 11.3 Å². The summed E-state index contributed by atoms with van der Waals surface area (Å²) in [6.45, 7) is 5.33. The lowest BCUT2D eigenvalue weighted by Crippen LogP contribution is -2.33. The van der Waals surface area contributed by atoms with Gasteiger partial charge in [0.1, 0.15) is 16.6 Å². The first kappa shape index (κ1) is 23.2. The lowest BCUT2D eigenvalue weighted by Gasteiger charge is -2.19. The van der Waals surface area contributed by atoms with E-state index in [9.17, 15) is 4.79 Å². The zero-order valence-corrected chi connectivity index (χ0v) is 20.4. The summed E-state index contributed by atoms with van der Waals surface area (Å²) in [6.07, 6.45) is 2.80. The number of aromatic nitrogens is 4. The van der Waals surface area contributed by atoms with Crippen LogP contribution in [0.15, 0.2) is 66.9 Å². The van der Waals surface area contributed by atoms with Crippen LogP contribution in [0.4, 0.5) is 0 Å². The summed E-state index contributed by atoms with van der Waals surface area (Å²) in [4.78, 5) is 20.7. The van der Waals surface area contributed by atoms with Crippen molar-refractivity contribution < 1.29 is 9.53 Å². The molecule has 4 aromatic rings. The highest BCUT2D eigenvalue weighted by Crippen LogP contribution is 2.26. The predicted octanol–water partition coefficient (Wildman–Crippen LogP) is 3.72. The van der Waals surface area contributed by atoms with E-state index in [-0.39, 0.29) is 18.6 Å². The largest absolute Gasteiger partial charge is 0.484 e. The van der Waals surface area contributed by atoms with Gasteiger partial charge in [-0.15, -0.1) is 21.5 Å². The molecule has 180 valence electrons. The number of amides is 1. The molecule has 0 fully saturated rings. The second-order valence-electron chi connectivity index (χ2n) is 8.54. The van der Waals surface area contributed by atoms with Gasteiger partial charge in [-0.2, -0.15) is 0 Å². The lowest BCUT2D eigenvalue weighted by atomic mass is 10.2. The first-order chi connectivity index (χ1) is 17.2. The summed E-state index contributed by atoms with van der Waals surface area (Å²) in [7, 11) is 0. The molecule has 0 aliphatic carbocycles. The Kier molecular flexibility index (Phi) is 7.15. The minimum Gasteiger partial charge on any atom is -0.484 e. The highest BCUT2D eigenvalue weighted by molar-refractivity contribution is 7.15. The van der Waals surface area contributed by atoms with E-state index in [0.29, 0.717) is 5.75 Å². The van der Waals surface area contributed by atoms with Gasteiger partial charge in [0.2, 0.25) is 0 Å². The van der Waals surface area contributed by atoms with Gasteiger partial charge in [0, 0.05) is 49.2 Å². The molecule has 1 aliphatic rings. The maximum Gasteiger partial charge on any atom is 0.258 e. The van der Waals surface area contributed by atoms with Gasteiger partial charge in [-0.1, -0.05) is 48.5 Å². The third kappa shape index (κ3) is 5.75. The van der Waals surface area contributed by atoms with Gasteiger partial charge in [-0.3, -0.25) is 9.69 Å². The van der Waals surface area contributed by atoms with E-state index in [0.717, 1.165) is 54.8 Å². The summed E-state index contributed by atoms with van der Waals surface area (Å²) >= 11 is 1.74. The number of hydrogen-bond donors (Lipinski definition) is 1. The molecule has 0 spiro atoms. The van der Waals surface area contributed by atoms with Crippen LogP contribution in [0, 0.1) is 0 Å². The monoisotopic (exact) mass is 488 g/mol. The maximum absolute atomic E-state index is 12.4. The lowest BCUT2D eigenvalue weighted by molar-refractivity contribution is -0.123. The molecule has 8 nitrogen and oxygen atoms in total. The van der Waals surface area contributed by atoms with Crippen molar-refractivity contribution >= 4 is 17.2 Å². The van der Waals surface area contributed by atoms with Gasteiger partial charge in [0.25, 0.3) is 5.91 Å². The van der Waals surface area contributed by atoms with Crippen molar-refractivity contribution in [2.45, 2.75) is 32.5 Å². The second kappa shape index (κ2) is 10.8. The molecule has 0 radical (unpaired) electrons. The van der Waals surface area contributed by atoms with Crippen molar-refractivity contribution in [3.63, 3.8) is 0 Å². The average Bonchev–Trinajstić information content (AvgIpc) is 3.48. The standard InChI is InChI=1S/C26H28N6O2S/c1-19(28-24(33)18-34-21-10-6-3-7-11-21)25-30-29-23-12-13-31(14-15-32(23)25)17-22-16-27-26(35-22)20-8-4-2-5-9-20/h2-11,16,19H,12-15,17-18H2,1H3,(H,28,33)/t19-/m1/s1. The molecule has 0 saturated heterocycles. The number of nitrogens with zero attached hydrogens (tertiary/aromatic N) is 5. The summed E-state index contributed by atoms with van der Waals surface area (Å²) < 4.78 is 7.70. The minimum atomic E-state index is -0.260. The number of hydrogen-bond acceptors (Lipinski definition) is 7. The van der Waals surface area contributed by atoms with Crippen molar-refractivity contribution in [2.24, 2.45) is 0 Å². The fraction of sp³-hybridized carbons (Fsp3) is 0.308. The molecule has 3 heterocycles. The summed E-state index contributed by atoms with van der Waals surface area (Å²) in [6, 6.07) is 19.3. The van der Waals surface area contributed by atoms with Crippen LogP contribution in [0.3, 0.4) is 0 Å². The van der Waals surface area contributed by atoms with Crippen molar-refractivity contribution in [3.05, 3.63) is 83.4 Å². The topological polar surface area (TPSA) is 85.2 Å². The van der Waals surface area contributed by atoms with Crippen LogP contribution < -0.4 is 10.1 Å². The number of nitrogens with one attached hydrogen (secondary N) is 1. The molecular weight excluding hydrogens is 460 g/mol. The quantitative estimate of drug-likeness (QED) is 0.407. The van der Waals surface area contributed by atoms with Crippen LogP contribution in [0.1, 0.15) is 29.5 Å². The van der Waals surface area contributed by atoms with Gasteiger partial charge in [-0.05, 0) is 19.1 Å². The van der Waals surface area contributed by atoms with Crippen LogP contribution in [-0.2, 0) is 24.3 Å². The molecule has 1 amide bonds. The summed E-state index contributed by atoms with van der Waals surface area (Å²) in [5.74, 6) is 2.22. The molecule has 2 aromatic heterocycles. The van der Waals surface area contributed by atoms with E-state index in [2.05, 4.69) is 42.1 Å². The second-order valence-corrected chi connectivity index (χ2v) is 9.66. The summed E-state index contributed by atoms with van der Waals surface area (Å²) in [5.41, 5.74) is 1.15. The fourth-order valence-corrected chi connectivity index (χ4v) is 5.16. The molecule has 1 atom stereocenters. The van der Waals surface area contributed by atoms with Gasteiger partial charge in [0.15, 0.2) is 12.4 Å². The Morgan fingerprint density at radius 1 is 1.06 bits per heavy atom. The summed E-state index contributed by atoms with van der Waals surface area (Å²) in [5, 5.41) is 12.8. The number of thiazole rings is 1. The van der Waals surface area contributed by atoms with Gasteiger partial charge < -0.3 is 14.6 Å². The van der Waals surface area contributed by atoms with E-state index in [1.165, 1.54) is 4.88 Å². The van der Waals surface area contributed by atoms with E-state index < -0.39 is 0 Å². The minimum absolute atomic E-state index is 0.0387. The number of carbonyl (C=O) groups excluding carboxylic acids is 1. The fourth-order valence-electron chi connectivity index (χ4n) is 4.20. The SMILES string of the molecule is C[C@@H](NC(=O)COc1ccccc1)c1nnc2n1CCN(Cc1cnc(-c3ccccc3)s1)CC2. The molecule has 35 heavy (non-hydrogen) atoms. The first-order valence-corrected chi connectivity index (χ1v) is 12.6. The Hall–Kier alpha value is -3.56. The number of carbonyl (C=O) groups is 1. The molecule has 9 heteroatoms. The smallest absolute Gasteiger partial charge is 0.258 e. The number of para-hydroxylation sites is 1. The van der Waals surface area contributed by atoms with Crippen LogP contribution in [0.5, 0.6) is 5.75 Å². The van der Waals surface area contributed by atoms with Crippen LogP contribution in [-0.4, -0.2) is 50.3 Å². The van der Waals surface area contributed by atoms with Crippen LogP contribution in [0.2, 0.25) is 0 Å². The van der Waals surface area contributed by atoms with Gasteiger partial charge >= 0.3 is 0 Å². The molecule has 0 unspecified atom stereocenters. The van der Waals surface area contributed by atoms with Gasteiger partial charge in [-0.25, -0.2) is 4.98 Å². The Balaban J connectivity index is 1.16. The highest BCUT2D eigenvalue weighted by Gasteiger charge is 2.23. The van der Waals surface area contributed by atoms with E-state index in [1.807, 2.05) is 61.7 Å². The number of rotatable bonds is 8. The van der Waals surface area contributed by atoms with E-state index in [1.54, 1.807) is 11.3 Å². The first-order valence-electron chi connectivity index (χ1n) is 11.8. The normalized spacial score (nSPS) is 14.7. The van der Waals surface area contributed by atoms with Crippen molar-refractivity contribution in [1.29, 1.82) is 0 Å². The Morgan fingerprint density at radius 3 is 2.63 bits per heavy atom. The van der Waals surface area contributed by atoms with Crippen molar-refractivity contribution in [2.75, 3.05) is 19.7 Å². The zero-order valence-electron chi connectivity index (χ0n) is 19.6. The third-order valence-corrected chi connectivity index (χ3v) is 7.01. The van der Waals surface area contributed by atoms with Crippen molar-refractivity contribution in [3.8, 4) is 16.3 Å². The van der Waals surface area contributed by atoms with E-state index in [4.69, 9.17) is 4.74 Å². The van der Waals surface area contributed by atoms with Gasteiger partial charge in [0.05, 0.1) is 6.04 Å². The molecule has 1 N–H and O–H groups in total.